The lowest BCUT2D eigenvalue weighted by Gasteiger charge is -2.29. The molecule has 1 unspecified atom stereocenters. The number of rotatable bonds is 10. The van der Waals surface area contributed by atoms with E-state index in [2.05, 4.69) is 30.1 Å². The van der Waals surface area contributed by atoms with Gasteiger partial charge in [0.1, 0.15) is 6.04 Å². The minimum atomic E-state index is -0.549. The molecule has 0 aliphatic carbocycles. The maximum Gasteiger partial charge on any atom is 0.255 e. The number of likely N-dealkylation sites (tertiary alicyclic amines) is 1. The summed E-state index contributed by atoms with van der Waals surface area (Å²) in [4.78, 5) is 42.1. The molecule has 0 saturated carbocycles. The van der Waals surface area contributed by atoms with E-state index in [4.69, 9.17) is 0 Å². The summed E-state index contributed by atoms with van der Waals surface area (Å²) in [6.07, 6.45) is 7.01. The second-order valence-electron chi connectivity index (χ2n) is 10.0. The molecule has 1 aromatic rings. The van der Waals surface area contributed by atoms with Crippen molar-refractivity contribution in [1.82, 2.24) is 15.1 Å². The first-order valence-electron chi connectivity index (χ1n) is 12.6. The van der Waals surface area contributed by atoms with Crippen LogP contribution in [0.2, 0.25) is 0 Å². The number of piperidine rings is 1. The molecule has 7 heteroatoms. The summed E-state index contributed by atoms with van der Waals surface area (Å²) >= 11 is 1.82. The zero-order chi connectivity index (χ0) is 23.4. The van der Waals surface area contributed by atoms with Crippen LogP contribution in [0.25, 0.3) is 0 Å². The Bertz CT molecular complexity index is 880. The summed E-state index contributed by atoms with van der Waals surface area (Å²) < 4.78 is 0. The Morgan fingerprint density at radius 2 is 1.73 bits per heavy atom. The Balaban J connectivity index is 1.18. The fraction of sp³-hybridized carbons (Fsp3) is 0.654. The molecule has 0 spiro atoms. The lowest BCUT2D eigenvalue weighted by molar-refractivity contribution is -0.136. The minimum Gasteiger partial charge on any atom is -0.322 e. The summed E-state index contributed by atoms with van der Waals surface area (Å²) in [7, 11) is 0. The van der Waals surface area contributed by atoms with Crippen LogP contribution in [0.5, 0.6) is 0 Å². The van der Waals surface area contributed by atoms with Crippen molar-refractivity contribution in [3.63, 3.8) is 0 Å². The van der Waals surface area contributed by atoms with Crippen molar-refractivity contribution in [3.05, 3.63) is 29.3 Å². The van der Waals surface area contributed by atoms with Gasteiger partial charge in [0.05, 0.1) is 0 Å². The van der Waals surface area contributed by atoms with Crippen molar-refractivity contribution in [2.45, 2.75) is 76.3 Å². The Morgan fingerprint density at radius 1 is 1.00 bits per heavy atom. The van der Waals surface area contributed by atoms with E-state index in [0.29, 0.717) is 18.5 Å². The molecule has 0 radical (unpaired) electrons. The second kappa shape index (κ2) is 11.0. The number of thioether (sulfide) groups is 1. The first-order valence-corrected chi connectivity index (χ1v) is 13.5. The molecule has 3 amide bonds. The van der Waals surface area contributed by atoms with E-state index >= 15 is 0 Å². The molecule has 0 aromatic heterocycles. The van der Waals surface area contributed by atoms with E-state index in [0.717, 1.165) is 28.0 Å². The second-order valence-corrected chi connectivity index (χ2v) is 11.1. The first-order chi connectivity index (χ1) is 15.9. The predicted molar refractivity (Wildman–Crippen MR) is 131 cm³/mol. The topological polar surface area (TPSA) is 69.7 Å². The molecule has 0 bridgehead atoms. The lowest BCUT2D eigenvalue weighted by Crippen LogP contribution is -2.52. The van der Waals surface area contributed by atoms with Gasteiger partial charge in [-0.25, -0.2) is 0 Å². The molecule has 3 aliphatic heterocycles. The van der Waals surface area contributed by atoms with Gasteiger partial charge in [-0.2, -0.15) is 0 Å². The third kappa shape index (κ3) is 5.80. The summed E-state index contributed by atoms with van der Waals surface area (Å²) in [6, 6.07) is 5.33. The van der Waals surface area contributed by atoms with Crippen LogP contribution in [-0.4, -0.2) is 59.0 Å². The van der Waals surface area contributed by atoms with Crippen molar-refractivity contribution < 1.29 is 14.4 Å². The molecule has 3 atom stereocenters. The van der Waals surface area contributed by atoms with Crippen molar-refractivity contribution in [2.24, 2.45) is 11.8 Å². The number of unbranched alkanes of at least 4 members (excludes halogenated alkanes) is 4. The molecular weight excluding hydrogens is 434 g/mol. The van der Waals surface area contributed by atoms with Crippen LogP contribution in [0, 0.1) is 11.8 Å². The number of hydrogen-bond donors (Lipinski definition) is 1. The van der Waals surface area contributed by atoms with Gasteiger partial charge in [-0.1, -0.05) is 39.2 Å². The Labute approximate surface area is 201 Å². The van der Waals surface area contributed by atoms with Gasteiger partial charge in [0.25, 0.3) is 5.91 Å². The summed E-state index contributed by atoms with van der Waals surface area (Å²) in [5.41, 5.74) is 1.74. The van der Waals surface area contributed by atoms with E-state index in [-0.39, 0.29) is 24.1 Å². The Morgan fingerprint density at radius 3 is 2.48 bits per heavy atom. The number of hydrogen-bond acceptors (Lipinski definition) is 5. The van der Waals surface area contributed by atoms with Gasteiger partial charge in [-0.05, 0) is 61.1 Å². The highest BCUT2D eigenvalue weighted by atomic mass is 32.2. The third-order valence-electron chi connectivity index (χ3n) is 7.48. The number of nitrogens with one attached hydrogen (secondary N) is 1. The smallest absolute Gasteiger partial charge is 0.255 e. The molecule has 3 aliphatic rings. The maximum absolute atomic E-state index is 12.9. The molecule has 6 nitrogen and oxygen atoms in total. The monoisotopic (exact) mass is 471 g/mol. The van der Waals surface area contributed by atoms with Gasteiger partial charge in [-0.15, -0.1) is 11.8 Å². The van der Waals surface area contributed by atoms with Gasteiger partial charge in [-0.3, -0.25) is 19.7 Å². The van der Waals surface area contributed by atoms with Crippen LogP contribution >= 0.6 is 11.8 Å². The normalized spacial score (nSPS) is 25.6. The number of carbonyl (C=O) groups is 3. The summed E-state index contributed by atoms with van der Waals surface area (Å²) in [5, 5.41) is 2.37. The number of carbonyl (C=O) groups excluding carboxylic acids is 3. The molecule has 4 rings (SSSR count). The number of fused-ring (bicyclic) bond motifs is 1. The van der Waals surface area contributed by atoms with Crippen molar-refractivity contribution in [3.8, 4) is 0 Å². The zero-order valence-corrected chi connectivity index (χ0v) is 20.8. The largest absolute Gasteiger partial charge is 0.322 e. The number of benzene rings is 1. The molecule has 2 saturated heterocycles. The van der Waals surface area contributed by atoms with Crippen LogP contribution in [0.3, 0.4) is 0 Å². The highest BCUT2D eigenvalue weighted by Crippen LogP contribution is 2.34. The quantitative estimate of drug-likeness (QED) is 0.316. The fourth-order valence-electron chi connectivity index (χ4n) is 5.27. The van der Waals surface area contributed by atoms with Crippen molar-refractivity contribution in [2.75, 3.05) is 25.4 Å². The highest BCUT2D eigenvalue weighted by molar-refractivity contribution is 7.99. The van der Waals surface area contributed by atoms with Gasteiger partial charge >= 0.3 is 0 Å². The Kier molecular flexibility index (Phi) is 8.12. The van der Waals surface area contributed by atoms with Gasteiger partial charge < -0.3 is 9.80 Å². The number of amides is 3. The summed E-state index contributed by atoms with van der Waals surface area (Å²) in [6.45, 7) is 8.97. The van der Waals surface area contributed by atoms with Crippen molar-refractivity contribution >= 4 is 29.5 Å². The molecular formula is C26H37N3O3S. The third-order valence-corrected chi connectivity index (χ3v) is 8.67. The Hall–Kier alpha value is -1.86. The maximum atomic E-state index is 12.9. The highest BCUT2D eigenvalue weighted by Gasteiger charge is 2.39. The van der Waals surface area contributed by atoms with Gasteiger partial charge in [0.15, 0.2) is 0 Å². The molecule has 180 valence electrons. The average molecular weight is 472 g/mol. The van der Waals surface area contributed by atoms with Crippen molar-refractivity contribution in [1.29, 1.82) is 0 Å². The van der Waals surface area contributed by atoms with Crippen LogP contribution in [0.1, 0.15) is 74.7 Å². The standard InChI is InChI=1S/C26H37N3O3S/c1-18-15-28(16-19(18)2)13-6-4-3-5-7-14-33-23-10-8-9-20-21(23)17-29(26(20)32)22-11-12-24(30)27-25(22)31/h8-10,18-19,22H,3-7,11-17H2,1-2H3,(H,27,30,31)/t18-,19-,22?/m1/s1. The molecule has 2 fully saturated rings. The predicted octanol–water partition coefficient (Wildman–Crippen LogP) is 4.08. The average Bonchev–Trinajstić information content (AvgIpc) is 3.29. The molecule has 33 heavy (non-hydrogen) atoms. The van der Waals surface area contributed by atoms with Gasteiger partial charge in [0.2, 0.25) is 11.8 Å². The van der Waals surface area contributed by atoms with E-state index in [9.17, 15) is 14.4 Å². The number of nitrogens with zero attached hydrogens (tertiary/aromatic N) is 2. The molecule has 1 N–H and O–H groups in total. The van der Waals surface area contributed by atoms with Crippen LogP contribution in [-0.2, 0) is 16.1 Å². The van der Waals surface area contributed by atoms with E-state index in [1.165, 1.54) is 51.7 Å². The van der Waals surface area contributed by atoms with Crippen LogP contribution < -0.4 is 5.32 Å². The van der Waals surface area contributed by atoms with E-state index in [1.807, 2.05) is 23.9 Å². The lowest BCUT2D eigenvalue weighted by atomic mass is 10.0. The zero-order valence-electron chi connectivity index (χ0n) is 20.0. The minimum absolute atomic E-state index is 0.0938. The SMILES string of the molecule is C[C@@H]1CN(CCCCCCCSc2cccc3c2CN(C2CCC(=O)NC2=O)C3=O)C[C@H]1C. The first kappa shape index (κ1) is 24.3. The van der Waals surface area contributed by atoms with Crippen LogP contribution in [0.15, 0.2) is 23.1 Å². The molecule has 3 heterocycles. The fourth-order valence-corrected chi connectivity index (χ4v) is 6.37. The summed E-state index contributed by atoms with van der Waals surface area (Å²) in [5.74, 6) is 2.03. The van der Waals surface area contributed by atoms with Gasteiger partial charge in [0, 0.05) is 36.5 Å². The number of imide groups is 1. The van der Waals surface area contributed by atoms with E-state index in [1.54, 1.807) is 4.90 Å². The van der Waals surface area contributed by atoms with Crippen LogP contribution in [0.4, 0.5) is 0 Å². The van der Waals surface area contributed by atoms with E-state index < -0.39 is 6.04 Å². The molecule has 1 aromatic carbocycles.